The van der Waals surface area contributed by atoms with Crippen LogP contribution >= 0.6 is 11.6 Å². The van der Waals surface area contributed by atoms with Crippen molar-refractivity contribution in [2.24, 2.45) is 0 Å². The number of nitrogens with zero attached hydrogens (tertiary/aromatic N) is 1. The molecule has 0 aliphatic heterocycles. The van der Waals surface area contributed by atoms with Gasteiger partial charge in [-0.15, -0.1) is 0 Å². The van der Waals surface area contributed by atoms with Crippen LogP contribution in [0.3, 0.4) is 0 Å². The second kappa shape index (κ2) is 6.77. The summed E-state index contributed by atoms with van der Waals surface area (Å²) in [6, 6.07) is 7.10. The molecule has 3 nitrogen and oxygen atoms in total. The van der Waals surface area contributed by atoms with Crippen molar-refractivity contribution in [3.63, 3.8) is 0 Å². The van der Waals surface area contributed by atoms with Crippen molar-refractivity contribution in [1.29, 1.82) is 0 Å². The first-order chi connectivity index (χ1) is 8.78. The number of rotatable bonds is 5. The van der Waals surface area contributed by atoms with E-state index in [0.717, 1.165) is 5.56 Å². The molecular weight excluding hydrogens is 281 g/mol. The highest BCUT2D eigenvalue weighted by Crippen LogP contribution is 2.16. The third-order valence-corrected chi connectivity index (χ3v) is 2.67. The zero-order valence-corrected chi connectivity index (χ0v) is 11.1. The molecule has 1 rings (SSSR count). The van der Waals surface area contributed by atoms with Crippen LogP contribution in [0, 0.1) is 0 Å². The number of amides is 1. The Labute approximate surface area is 114 Å². The third-order valence-electron chi connectivity index (χ3n) is 2.30. The number of hydrogen-bond acceptors (Lipinski definition) is 2. The Balaban J connectivity index is 2.41. The smallest absolute Gasteiger partial charge is 0.346 e. The molecule has 0 spiro atoms. The Kier molecular flexibility index (Phi) is 5.62. The number of halogens is 4. The molecule has 0 heterocycles. The number of carbonyl (C=O) groups excluding carboxylic acids is 1. The van der Waals surface area contributed by atoms with E-state index in [1.807, 2.05) is 5.32 Å². The van der Waals surface area contributed by atoms with Crippen molar-refractivity contribution in [3.05, 3.63) is 34.9 Å². The first-order valence-corrected chi connectivity index (χ1v) is 5.91. The van der Waals surface area contributed by atoms with E-state index in [9.17, 15) is 18.0 Å². The monoisotopic (exact) mass is 294 g/mol. The van der Waals surface area contributed by atoms with Crippen LogP contribution in [-0.4, -0.2) is 37.1 Å². The van der Waals surface area contributed by atoms with Gasteiger partial charge in [0.1, 0.15) is 6.54 Å². The zero-order chi connectivity index (χ0) is 14.5. The minimum Gasteiger partial charge on any atom is -0.346 e. The van der Waals surface area contributed by atoms with Crippen LogP contribution in [0.2, 0.25) is 5.02 Å². The number of benzene rings is 1. The van der Waals surface area contributed by atoms with Crippen LogP contribution < -0.4 is 5.32 Å². The fourth-order valence-electron chi connectivity index (χ4n) is 1.47. The predicted octanol–water partition coefficient (Wildman–Crippen LogP) is 2.45. The number of alkyl halides is 3. The van der Waals surface area contributed by atoms with E-state index in [2.05, 4.69) is 0 Å². The van der Waals surface area contributed by atoms with Gasteiger partial charge in [0.15, 0.2) is 0 Å². The van der Waals surface area contributed by atoms with Gasteiger partial charge in [-0.1, -0.05) is 29.8 Å². The van der Waals surface area contributed by atoms with Crippen molar-refractivity contribution in [2.75, 3.05) is 20.1 Å². The molecule has 0 aliphatic carbocycles. The maximum atomic E-state index is 11.9. The minimum absolute atomic E-state index is 0.124. The highest BCUT2D eigenvalue weighted by atomic mass is 35.5. The lowest BCUT2D eigenvalue weighted by Crippen LogP contribution is -2.39. The fourth-order valence-corrected chi connectivity index (χ4v) is 1.67. The molecule has 19 heavy (non-hydrogen) atoms. The molecule has 1 aromatic rings. The topological polar surface area (TPSA) is 32.3 Å². The van der Waals surface area contributed by atoms with Crippen molar-refractivity contribution in [2.45, 2.75) is 12.7 Å². The summed E-state index contributed by atoms with van der Waals surface area (Å²) in [6.45, 7) is -1.05. The van der Waals surface area contributed by atoms with Gasteiger partial charge in [-0.2, -0.15) is 13.2 Å². The predicted molar refractivity (Wildman–Crippen MR) is 66.9 cm³/mol. The average molecular weight is 295 g/mol. The Morgan fingerprint density at radius 2 is 2.00 bits per heavy atom. The summed E-state index contributed by atoms with van der Waals surface area (Å²) in [6.07, 6.45) is -4.39. The molecule has 0 unspecified atom stereocenters. The second-order valence-corrected chi connectivity index (χ2v) is 4.56. The van der Waals surface area contributed by atoms with Gasteiger partial charge in [0.2, 0.25) is 5.91 Å². The molecule has 1 aromatic carbocycles. The normalized spacial score (nSPS) is 11.7. The van der Waals surface area contributed by atoms with E-state index >= 15 is 0 Å². The van der Waals surface area contributed by atoms with E-state index in [1.54, 1.807) is 36.2 Å². The lowest BCUT2D eigenvalue weighted by atomic mass is 10.2. The highest BCUT2D eigenvalue weighted by Gasteiger charge is 2.27. The number of hydrogen-bond donors (Lipinski definition) is 1. The molecule has 0 aliphatic rings. The Bertz CT molecular complexity index is 437. The molecule has 0 fully saturated rings. The maximum absolute atomic E-state index is 11.9. The van der Waals surface area contributed by atoms with Crippen molar-refractivity contribution < 1.29 is 18.0 Å². The van der Waals surface area contributed by atoms with Crippen LogP contribution in [0.1, 0.15) is 5.56 Å². The number of nitrogens with one attached hydrogen (secondary N) is 1. The summed E-state index contributed by atoms with van der Waals surface area (Å²) in [7, 11) is 1.64. The molecule has 0 radical (unpaired) electrons. The quantitative estimate of drug-likeness (QED) is 0.905. The molecule has 0 atom stereocenters. The first-order valence-electron chi connectivity index (χ1n) is 5.53. The minimum atomic E-state index is -4.39. The van der Waals surface area contributed by atoms with Gasteiger partial charge in [-0.05, 0) is 18.7 Å². The molecule has 1 N–H and O–H groups in total. The molecule has 7 heteroatoms. The largest absolute Gasteiger partial charge is 0.405 e. The number of likely N-dealkylation sites (N-methyl/N-ethyl adjacent to an activating group) is 1. The molecule has 1 amide bonds. The molecule has 106 valence electrons. The Morgan fingerprint density at radius 3 is 2.58 bits per heavy atom. The van der Waals surface area contributed by atoms with Gasteiger partial charge in [-0.25, -0.2) is 0 Å². The molecule has 0 saturated heterocycles. The Hall–Kier alpha value is -1.27. The third kappa shape index (κ3) is 6.45. The van der Waals surface area contributed by atoms with Gasteiger partial charge >= 0.3 is 6.18 Å². The first kappa shape index (κ1) is 15.8. The van der Waals surface area contributed by atoms with Gasteiger partial charge in [-0.3, -0.25) is 9.69 Å². The summed E-state index contributed by atoms with van der Waals surface area (Å²) in [5, 5.41) is 2.38. The van der Waals surface area contributed by atoms with Gasteiger partial charge in [0.25, 0.3) is 0 Å². The van der Waals surface area contributed by atoms with Crippen LogP contribution in [0.25, 0.3) is 0 Å². The van der Waals surface area contributed by atoms with E-state index < -0.39 is 18.6 Å². The second-order valence-electron chi connectivity index (χ2n) is 4.16. The maximum Gasteiger partial charge on any atom is 0.405 e. The fraction of sp³-hybridized carbons (Fsp3) is 0.417. The summed E-state index contributed by atoms with van der Waals surface area (Å²) >= 11 is 5.95. The van der Waals surface area contributed by atoms with Crippen molar-refractivity contribution >= 4 is 17.5 Å². The molecule has 0 saturated carbocycles. The SMILES string of the molecule is CN(CC(=O)NCC(F)(F)F)Cc1ccccc1Cl. The average Bonchev–Trinajstić information content (AvgIpc) is 2.29. The van der Waals surface area contributed by atoms with Gasteiger partial charge < -0.3 is 5.32 Å². The van der Waals surface area contributed by atoms with Crippen LogP contribution in [0.4, 0.5) is 13.2 Å². The summed E-state index contributed by atoms with van der Waals surface area (Å²) in [4.78, 5) is 12.9. The van der Waals surface area contributed by atoms with Crippen LogP contribution in [-0.2, 0) is 11.3 Å². The standard InChI is InChI=1S/C12H14ClF3N2O/c1-18(6-9-4-2-3-5-10(9)13)7-11(19)17-8-12(14,15)16/h2-5H,6-8H2,1H3,(H,17,19). The summed E-state index contributed by atoms with van der Waals surface area (Å²) in [5.74, 6) is -0.674. The summed E-state index contributed by atoms with van der Waals surface area (Å²) < 4.78 is 35.7. The van der Waals surface area contributed by atoms with Gasteiger partial charge in [0.05, 0.1) is 6.54 Å². The highest BCUT2D eigenvalue weighted by molar-refractivity contribution is 6.31. The molecular formula is C12H14ClF3N2O. The van der Waals surface area contributed by atoms with Crippen molar-refractivity contribution in [3.8, 4) is 0 Å². The lowest BCUT2D eigenvalue weighted by Gasteiger charge is -2.17. The van der Waals surface area contributed by atoms with E-state index in [0.29, 0.717) is 11.6 Å². The number of carbonyl (C=O) groups is 1. The van der Waals surface area contributed by atoms with E-state index in [-0.39, 0.29) is 6.54 Å². The van der Waals surface area contributed by atoms with Crippen LogP contribution in [0.5, 0.6) is 0 Å². The molecule has 0 aromatic heterocycles. The van der Waals surface area contributed by atoms with E-state index in [4.69, 9.17) is 11.6 Å². The lowest BCUT2D eigenvalue weighted by molar-refractivity contribution is -0.138. The van der Waals surface area contributed by atoms with Crippen molar-refractivity contribution in [1.82, 2.24) is 10.2 Å². The summed E-state index contributed by atoms with van der Waals surface area (Å²) in [5.41, 5.74) is 0.815. The van der Waals surface area contributed by atoms with Gasteiger partial charge in [0, 0.05) is 11.6 Å². The zero-order valence-electron chi connectivity index (χ0n) is 10.3. The molecule has 0 bridgehead atoms. The van der Waals surface area contributed by atoms with Crippen LogP contribution in [0.15, 0.2) is 24.3 Å². The van der Waals surface area contributed by atoms with E-state index in [1.165, 1.54) is 0 Å². The Morgan fingerprint density at radius 1 is 1.37 bits per heavy atom.